The second kappa shape index (κ2) is 7.71. The second-order valence-electron chi connectivity index (χ2n) is 5.51. The van der Waals surface area contributed by atoms with Crippen molar-refractivity contribution in [2.45, 2.75) is 6.42 Å². The minimum absolute atomic E-state index is 0.0485. The molecule has 3 rings (SSSR count). The number of rotatable bonds is 5. The van der Waals surface area contributed by atoms with E-state index in [4.69, 9.17) is 11.6 Å². The monoisotopic (exact) mass is 334 g/mol. The lowest BCUT2D eigenvalue weighted by Crippen LogP contribution is -2.25. The van der Waals surface area contributed by atoms with Gasteiger partial charge >= 0.3 is 0 Å². The largest absolute Gasteiger partial charge is 0.289 e. The third kappa shape index (κ3) is 4.40. The van der Waals surface area contributed by atoms with Gasteiger partial charge in [-0.15, -0.1) is 0 Å². The highest BCUT2D eigenvalue weighted by atomic mass is 35.5. The molecule has 0 bridgehead atoms. The molecule has 2 aromatic carbocycles. The molecule has 0 saturated heterocycles. The first-order valence-electron chi connectivity index (χ1n) is 7.72. The summed E-state index contributed by atoms with van der Waals surface area (Å²) in [7, 11) is 0. The van der Waals surface area contributed by atoms with Crippen LogP contribution in [0.1, 0.15) is 21.5 Å². The number of nitrogens with zero attached hydrogens (tertiary/aromatic N) is 1. The van der Waals surface area contributed by atoms with Crippen LogP contribution in [0.15, 0.2) is 85.2 Å². The Labute approximate surface area is 146 Å². The summed E-state index contributed by atoms with van der Waals surface area (Å²) in [4.78, 5) is 12.2. The molecule has 0 saturated carbocycles. The average Bonchev–Trinajstić information content (AvgIpc) is 2.61. The zero-order chi connectivity index (χ0) is 16.8. The SMILES string of the molecule is O=C(/C=C/[n+]1cccc(Cc2ccccc2)c1)c1ccc(Cl)cc1. The van der Waals surface area contributed by atoms with Crippen LogP contribution in [-0.2, 0) is 6.42 Å². The number of hydrogen-bond donors (Lipinski definition) is 0. The van der Waals surface area contributed by atoms with E-state index in [1.807, 2.05) is 41.2 Å². The number of carbonyl (C=O) groups excluding carboxylic acids is 1. The van der Waals surface area contributed by atoms with Gasteiger partial charge in [-0.05, 0) is 35.9 Å². The molecule has 0 unspecified atom stereocenters. The van der Waals surface area contributed by atoms with Crippen LogP contribution in [0.5, 0.6) is 0 Å². The molecule has 0 atom stereocenters. The minimum Gasteiger partial charge on any atom is -0.289 e. The molecule has 0 aliphatic rings. The van der Waals surface area contributed by atoms with Gasteiger partial charge in [-0.3, -0.25) is 4.79 Å². The summed E-state index contributed by atoms with van der Waals surface area (Å²) in [6, 6.07) is 21.3. The van der Waals surface area contributed by atoms with Crippen LogP contribution in [0.3, 0.4) is 0 Å². The van der Waals surface area contributed by atoms with Crippen LogP contribution in [0.25, 0.3) is 6.20 Å². The molecule has 24 heavy (non-hydrogen) atoms. The molecule has 0 N–H and O–H groups in total. The lowest BCUT2D eigenvalue weighted by Gasteiger charge is -1.99. The van der Waals surface area contributed by atoms with Gasteiger partial charge in [-0.1, -0.05) is 41.9 Å². The average molecular weight is 335 g/mol. The van der Waals surface area contributed by atoms with Crippen molar-refractivity contribution in [1.29, 1.82) is 0 Å². The molecule has 0 amide bonds. The summed E-state index contributed by atoms with van der Waals surface area (Å²) in [5, 5.41) is 0.624. The fourth-order valence-corrected chi connectivity index (χ4v) is 2.56. The number of ketones is 1. The summed E-state index contributed by atoms with van der Waals surface area (Å²) in [5.41, 5.74) is 3.07. The minimum atomic E-state index is -0.0485. The summed E-state index contributed by atoms with van der Waals surface area (Å²) in [6.07, 6.45) is 8.14. The van der Waals surface area contributed by atoms with Crippen LogP contribution >= 0.6 is 11.6 Å². The first-order chi connectivity index (χ1) is 11.7. The van der Waals surface area contributed by atoms with Crippen molar-refractivity contribution >= 4 is 23.6 Å². The number of halogens is 1. The van der Waals surface area contributed by atoms with Gasteiger partial charge in [0.25, 0.3) is 0 Å². The Kier molecular flexibility index (Phi) is 5.19. The maximum Gasteiger partial charge on any atom is 0.191 e. The number of carbonyl (C=O) groups is 1. The van der Waals surface area contributed by atoms with Gasteiger partial charge in [0, 0.05) is 28.6 Å². The van der Waals surface area contributed by atoms with Gasteiger partial charge in [0.2, 0.25) is 0 Å². The van der Waals surface area contributed by atoms with E-state index < -0.39 is 0 Å². The Morgan fingerprint density at radius 3 is 2.38 bits per heavy atom. The summed E-state index contributed by atoms with van der Waals surface area (Å²) < 4.78 is 1.89. The lowest BCUT2D eigenvalue weighted by molar-refractivity contribution is -0.568. The van der Waals surface area contributed by atoms with E-state index in [1.165, 1.54) is 11.1 Å². The van der Waals surface area contributed by atoms with Crippen molar-refractivity contribution in [2.24, 2.45) is 0 Å². The standard InChI is InChI=1S/C21H17ClNO/c22-20-10-8-19(9-11-20)21(24)12-14-23-13-4-7-18(16-23)15-17-5-2-1-3-6-17/h1-14,16H,15H2/q+1/b14-12+. The van der Waals surface area contributed by atoms with E-state index in [0.717, 1.165) is 6.42 Å². The highest BCUT2D eigenvalue weighted by molar-refractivity contribution is 6.30. The first-order valence-corrected chi connectivity index (χ1v) is 8.10. The van der Waals surface area contributed by atoms with Crippen LogP contribution < -0.4 is 4.57 Å². The molecule has 118 valence electrons. The molecule has 2 nitrogen and oxygen atoms in total. The van der Waals surface area contributed by atoms with Crippen molar-refractivity contribution in [3.8, 4) is 0 Å². The van der Waals surface area contributed by atoms with E-state index >= 15 is 0 Å². The molecular weight excluding hydrogens is 318 g/mol. The first kappa shape index (κ1) is 16.2. The van der Waals surface area contributed by atoms with Gasteiger partial charge in [-0.2, -0.15) is 4.57 Å². The van der Waals surface area contributed by atoms with Crippen molar-refractivity contribution in [3.05, 3.63) is 107 Å². The number of pyridine rings is 1. The number of allylic oxidation sites excluding steroid dienone is 1. The van der Waals surface area contributed by atoms with Gasteiger partial charge in [0.05, 0.1) is 6.08 Å². The predicted molar refractivity (Wildman–Crippen MR) is 97.0 cm³/mol. The van der Waals surface area contributed by atoms with Crippen LogP contribution in [-0.4, -0.2) is 5.78 Å². The molecule has 0 aliphatic carbocycles. The summed E-state index contributed by atoms with van der Waals surface area (Å²) >= 11 is 5.84. The quantitative estimate of drug-likeness (QED) is 0.380. The van der Waals surface area contributed by atoms with Gasteiger partial charge < -0.3 is 0 Å². The van der Waals surface area contributed by atoms with Crippen LogP contribution in [0.4, 0.5) is 0 Å². The topological polar surface area (TPSA) is 20.9 Å². The zero-order valence-corrected chi connectivity index (χ0v) is 13.9. The van der Waals surface area contributed by atoms with E-state index in [2.05, 4.69) is 18.2 Å². The normalized spacial score (nSPS) is 10.9. The fraction of sp³-hybridized carbons (Fsp3) is 0.0476. The van der Waals surface area contributed by atoms with Gasteiger partial charge in [-0.25, -0.2) is 0 Å². The predicted octanol–water partition coefficient (Wildman–Crippen LogP) is 4.57. The van der Waals surface area contributed by atoms with Crippen molar-refractivity contribution in [1.82, 2.24) is 0 Å². The molecule has 3 heteroatoms. The highest BCUT2D eigenvalue weighted by Crippen LogP contribution is 2.10. The molecule has 0 aliphatic heterocycles. The molecular formula is C21H17ClNO+. The fourth-order valence-electron chi connectivity index (χ4n) is 2.44. The maximum absolute atomic E-state index is 12.2. The van der Waals surface area contributed by atoms with Gasteiger partial charge in [0.1, 0.15) is 0 Å². The Hall–Kier alpha value is -2.71. The van der Waals surface area contributed by atoms with E-state index in [1.54, 1.807) is 36.5 Å². The van der Waals surface area contributed by atoms with Crippen LogP contribution in [0.2, 0.25) is 5.02 Å². The number of hydrogen-bond acceptors (Lipinski definition) is 1. The molecule has 1 heterocycles. The third-order valence-electron chi connectivity index (χ3n) is 3.66. The zero-order valence-electron chi connectivity index (χ0n) is 13.1. The van der Waals surface area contributed by atoms with E-state index in [0.29, 0.717) is 10.6 Å². The van der Waals surface area contributed by atoms with Gasteiger partial charge in [0.15, 0.2) is 24.4 Å². The lowest BCUT2D eigenvalue weighted by atomic mass is 10.1. The Balaban J connectivity index is 1.72. The number of aromatic nitrogens is 1. The molecule has 0 fully saturated rings. The maximum atomic E-state index is 12.2. The summed E-state index contributed by atoms with van der Waals surface area (Å²) in [5.74, 6) is -0.0485. The number of benzene rings is 2. The molecule has 0 radical (unpaired) electrons. The third-order valence-corrected chi connectivity index (χ3v) is 3.91. The van der Waals surface area contributed by atoms with Crippen molar-refractivity contribution in [3.63, 3.8) is 0 Å². The molecule has 0 spiro atoms. The highest BCUT2D eigenvalue weighted by Gasteiger charge is 2.05. The Morgan fingerprint density at radius 2 is 1.62 bits per heavy atom. The molecule has 1 aromatic heterocycles. The smallest absolute Gasteiger partial charge is 0.191 e. The Morgan fingerprint density at radius 1 is 0.917 bits per heavy atom. The molecule has 3 aromatic rings. The van der Waals surface area contributed by atoms with Crippen LogP contribution in [0, 0.1) is 0 Å². The van der Waals surface area contributed by atoms with E-state index in [9.17, 15) is 4.79 Å². The van der Waals surface area contributed by atoms with Crippen molar-refractivity contribution < 1.29 is 9.36 Å². The van der Waals surface area contributed by atoms with E-state index in [-0.39, 0.29) is 5.78 Å². The Bertz CT molecular complexity index is 855. The van der Waals surface area contributed by atoms with Crippen molar-refractivity contribution in [2.75, 3.05) is 0 Å². The second-order valence-corrected chi connectivity index (χ2v) is 5.95. The summed E-state index contributed by atoms with van der Waals surface area (Å²) in [6.45, 7) is 0.